The first kappa shape index (κ1) is 40.8. The number of fused-ring (bicyclic) bond motifs is 1. The first-order valence-corrected chi connectivity index (χ1v) is 20.7. The van der Waals surface area contributed by atoms with E-state index in [0.717, 1.165) is 53.2 Å². The fraction of sp³-hybridized carbons (Fsp3) is 0.372. The number of likely N-dealkylation sites (tertiary alicyclic amines) is 1. The van der Waals surface area contributed by atoms with Gasteiger partial charge in [0.2, 0.25) is 17.7 Å². The summed E-state index contributed by atoms with van der Waals surface area (Å²) in [5.74, 6) is 1.15. The van der Waals surface area contributed by atoms with Crippen LogP contribution in [0.4, 0.5) is 22.0 Å². The molecule has 1 atom stereocenters. The van der Waals surface area contributed by atoms with Crippen molar-refractivity contribution in [2.45, 2.75) is 46.1 Å². The number of hydrogen-bond donors (Lipinski definition) is 4. The van der Waals surface area contributed by atoms with Crippen LogP contribution in [-0.4, -0.2) is 94.6 Å². The van der Waals surface area contributed by atoms with Crippen LogP contribution in [0.5, 0.6) is 5.75 Å². The molecule has 1 spiro atoms. The average molecular weight is 854 g/mol. The Morgan fingerprint density at radius 1 is 0.983 bits per heavy atom. The van der Waals surface area contributed by atoms with Crippen molar-refractivity contribution in [2.24, 2.45) is 10.8 Å². The van der Waals surface area contributed by atoms with Gasteiger partial charge in [-0.15, -0.1) is 0 Å². The van der Waals surface area contributed by atoms with Gasteiger partial charge in [-0.05, 0) is 73.4 Å². The van der Waals surface area contributed by atoms with Crippen molar-refractivity contribution in [2.75, 3.05) is 60.9 Å². The second-order valence-electron chi connectivity index (χ2n) is 16.7. The molecular weight excluding hydrogens is 807 g/mol. The van der Waals surface area contributed by atoms with Gasteiger partial charge in [0.25, 0.3) is 0 Å². The largest absolute Gasteiger partial charge is 0.486 e. The van der Waals surface area contributed by atoms with Gasteiger partial charge in [0.15, 0.2) is 0 Å². The van der Waals surface area contributed by atoms with Gasteiger partial charge >= 0.3 is 6.03 Å². The molecule has 0 bridgehead atoms. The SMILES string of the molecule is C[C@@H](Oc1ccc2[nH]nc(-c3ccc(N4CC5(CCN(C(=O)CC(C)(C)CNC(=O)CNc6ccc(N7CCC(=O)NC7=O)cc6)C5)C4)nc3)c2c1)c1c(Cl)cncc1Cl. The van der Waals surface area contributed by atoms with E-state index >= 15 is 0 Å². The van der Waals surface area contributed by atoms with Gasteiger partial charge in [-0.1, -0.05) is 37.0 Å². The molecule has 0 aliphatic carbocycles. The third-order valence-corrected chi connectivity index (χ3v) is 12.0. The highest BCUT2D eigenvalue weighted by atomic mass is 35.5. The third kappa shape index (κ3) is 8.82. The van der Waals surface area contributed by atoms with Crippen molar-refractivity contribution >= 4 is 75.1 Å². The van der Waals surface area contributed by atoms with E-state index in [1.54, 1.807) is 36.7 Å². The molecule has 3 fully saturated rings. The molecule has 3 aromatic heterocycles. The Morgan fingerprint density at radius 3 is 2.47 bits per heavy atom. The molecule has 5 aromatic rings. The minimum atomic E-state index is -0.446. The van der Waals surface area contributed by atoms with Crippen LogP contribution in [0.25, 0.3) is 22.2 Å². The Bertz CT molecular complexity index is 2410. The van der Waals surface area contributed by atoms with Crippen LogP contribution in [-0.2, 0) is 14.4 Å². The summed E-state index contributed by atoms with van der Waals surface area (Å²) in [5.41, 5.74) is 4.16. The molecule has 4 N–H and O–H groups in total. The molecule has 8 rings (SSSR count). The van der Waals surface area contributed by atoms with Crippen LogP contribution in [0.1, 0.15) is 51.7 Å². The number of nitrogens with zero attached hydrogens (tertiary/aromatic N) is 6. The summed E-state index contributed by atoms with van der Waals surface area (Å²) in [6.07, 6.45) is 6.04. The number of benzene rings is 2. The van der Waals surface area contributed by atoms with E-state index in [2.05, 4.69) is 36.0 Å². The summed E-state index contributed by atoms with van der Waals surface area (Å²) in [6.45, 7) is 9.66. The molecule has 15 nitrogen and oxygen atoms in total. The normalized spacial score (nSPS) is 16.8. The molecule has 3 aliphatic rings. The maximum Gasteiger partial charge on any atom is 0.328 e. The Morgan fingerprint density at radius 2 is 1.75 bits per heavy atom. The standard InChI is InChI=1S/C43H46Cl2N10O5/c1-26(39-32(44)19-46-20-33(39)45)60-30-9-10-34-31(16-30)40(52-51-34)27-4-11-35(48-18-27)54-24-43(25-54)13-15-53(23-43)38(58)17-42(2,3)22-49-37(57)21-47-28-5-7-29(8-6-28)55-14-12-36(56)50-41(55)59/h4-11,16,18-20,26,47H,12-15,17,21-25H2,1-3H3,(H,49,57)(H,51,52)(H,50,56,59)/t26-/m1/s1. The highest BCUT2D eigenvalue weighted by Crippen LogP contribution is 2.42. The molecule has 0 unspecified atom stereocenters. The second kappa shape index (κ2) is 16.6. The Hall–Kier alpha value is -5.93. The molecule has 60 heavy (non-hydrogen) atoms. The quantitative estimate of drug-likeness (QED) is 0.101. The van der Waals surface area contributed by atoms with Crippen molar-refractivity contribution in [3.8, 4) is 17.0 Å². The predicted molar refractivity (Wildman–Crippen MR) is 230 cm³/mol. The number of nitrogens with one attached hydrogen (secondary N) is 4. The fourth-order valence-electron chi connectivity index (χ4n) is 8.14. The van der Waals surface area contributed by atoms with Crippen LogP contribution in [0.2, 0.25) is 10.0 Å². The number of ether oxygens (including phenoxy) is 1. The average Bonchev–Trinajstić information content (AvgIpc) is 3.85. The number of hydrogen-bond acceptors (Lipinski definition) is 10. The van der Waals surface area contributed by atoms with Gasteiger partial charge in [0.05, 0.1) is 22.1 Å². The number of anilines is 3. The van der Waals surface area contributed by atoms with Crippen LogP contribution in [0.3, 0.4) is 0 Å². The van der Waals surface area contributed by atoms with Gasteiger partial charge in [-0.3, -0.25) is 34.7 Å². The monoisotopic (exact) mass is 852 g/mol. The van der Waals surface area contributed by atoms with Crippen molar-refractivity contribution in [1.82, 2.24) is 35.7 Å². The molecule has 3 aliphatic heterocycles. The lowest BCUT2D eigenvalue weighted by molar-refractivity contribution is -0.133. The molecule has 312 valence electrons. The van der Waals surface area contributed by atoms with E-state index in [4.69, 9.17) is 32.9 Å². The molecule has 6 heterocycles. The Kier molecular flexibility index (Phi) is 11.3. The van der Waals surface area contributed by atoms with Gasteiger partial charge in [-0.2, -0.15) is 5.10 Å². The van der Waals surface area contributed by atoms with E-state index in [1.165, 1.54) is 4.90 Å². The van der Waals surface area contributed by atoms with Gasteiger partial charge < -0.3 is 25.2 Å². The van der Waals surface area contributed by atoms with Gasteiger partial charge in [-0.25, -0.2) is 9.78 Å². The lowest BCUT2D eigenvalue weighted by atomic mass is 9.79. The van der Waals surface area contributed by atoms with E-state index in [-0.39, 0.29) is 36.1 Å². The van der Waals surface area contributed by atoms with Crippen molar-refractivity contribution in [3.05, 3.63) is 88.8 Å². The predicted octanol–water partition coefficient (Wildman–Crippen LogP) is 6.60. The van der Waals surface area contributed by atoms with E-state index < -0.39 is 17.6 Å². The van der Waals surface area contributed by atoms with Crippen LogP contribution < -0.4 is 30.5 Å². The third-order valence-electron chi connectivity index (χ3n) is 11.4. The lowest BCUT2D eigenvalue weighted by Gasteiger charge is -2.48. The van der Waals surface area contributed by atoms with E-state index in [0.29, 0.717) is 59.6 Å². The summed E-state index contributed by atoms with van der Waals surface area (Å²) in [6, 6.07) is 16.4. The fourth-order valence-corrected chi connectivity index (χ4v) is 8.81. The first-order valence-electron chi connectivity index (χ1n) is 19.9. The zero-order valence-corrected chi connectivity index (χ0v) is 35.1. The number of urea groups is 1. The van der Waals surface area contributed by atoms with E-state index in [9.17, 15) is 19.2 Å². The van der Waals surface area contributed by atoms with E-state index in [1.807, 2.05) is 62.2 Å². The number of imide groups is 1. The summed E-state index contributed by atoms with van der Waals surface area (Å²) < 4.78 is 6.24. The first-order chi connectivity index (χ1) is 28.7. The molecule has 0 saturated carbocycles. The van der Waals surface area contributed by atoms with Crippen LogP contribution >= 0.6 is 23.2 Å². The number of amides is 5. The number of carbonyl (C=O) groups is 4. The lowest BCUT2D eigenvalue weighted by Crippen LogP contribution is -2.58. The summed E-state index contributed by atoms with van der Waals surface area (Å²) >= 11 is 12.7. The number of aromatic amines is 1. The van der Waals surface area contributed by atoms with Crippen molar-refractivity contribution in [1.29, 1.82) is 0 Å². The second-order valence-corrected chi connectivity index (χ2v) is 17.5. The minimum Gasteiger partial charge on any atom is -0.486 e. The topological polar surface area (TPSA) is 178 Å². The number of pyridine rings is 2. The Labute approximate surface area is 357 Å². The highest BCUT2D eigenvalue weighted by Gasteiger charge is 2.49. The zero-order chi connectivity index (χ0) is 42.2. The maximum atomic E-state index is 13.5. The highest BCUT2D eigenvalue weighted by molar-refractivity contribution is 6.35. The molecule has 3 saturated heterocycles. The molecule has 17 heteroatoms. The number of aromatic nitrogens is 4. The summed E-state index contributed by atoms with van der Waals surface area (Å²) in [4.78, 5) is 64.3. The molecule has 0 radical (unpaired) electrons. The summed E-state index contributed by atoms with van der Waals surface area (Å²) in [7, 11) is 0. The number of H-pyrrole nitrogens is 1. The minimum absolute atomic E-state index is 0.0358. The maximum absolute atomic E-state index is 13.5. The smallest absolute Gasteiger partial charge is 0.328 e. The van der Waals surface area contributed by atoms with Crippen LogP contribution in [0, 0.1) is 10.8 Å². The number of carbonyl (C=O) groups excluding carboxylic acids is 4. The molecule has 5 amide bonds. The number of halogens is 2. The van der Waals surface area contributed by atoms with Gasteiger partial charge in [0.1, 0.15) is 23.4 Å². The Balaban J connectivity index is 0.787. The van der Waals surface area contributed by atoms with Crippen molar-refractivity contribution < 1.29 is 23.9 Å². The summed E-state index contributed by atoms with van der Waals surface area (Å²) in [5, 5.41) is 17.8. The molecular formula is C43H46Cl2N10O5. The number of rotatable bonds is 13. The van der Waals surface area contributed by atoms with Crippen molar-refractivity contribution in [3.63, 3.8) is 0 Å². The van der Waals surface area contributed by atoms with Gasteiger partial charge in [0, 0.05) is 104 Å². The zero-order valence-electron chi connectivity index (χ0n) is 33.6. The molecule has 2 aromatic carbocycles. The van der Waals surface area contributed by atoms with Crippen LogP contribution in [0.15, 0.2) is 73.2 Å².